The van der Waals surface area contributed by atoms with Gasteiger partial charge in [0.15, 0.2) is 0 Å². The number of hydrogen-bond donors (Lipinski definition) is 3. The maximum Gasteiger partial charge on any atom is 0.221 e. The van der Waals surface area contributed by atoms with Crippen molar-refractivity contribution in [1.29, 1.82) is 0 Å². The average molecular weight is 315 g/mol. The molecule has 0 aliphatic heterocycles. The van der Waals surface area contributed by atoms with Gasteiger partial charge in [-0.15, -0.1) is 0 Å². The first kappa shape index (κ1) is 21.4. The predicted molar refractivity (Wildman–Crippen MR) is 94.0 cm³/mol. The number of carbonyl (C=O) groups excluding carboxylic acids is 1. The predicted octanol–water partition coefficient (Wildman–Crippen LogP) is 3.38. The number of hydrogen-bond acceptors (Lipinski definition) is 3. The van der Waals surface area contributed by atoms with Gasteiger partial charge >= 0.3 is 0 Å². The Balaban J connectivity index is 3.54. The Labute approximate surface area is 137 Å². The second kappa shape index (κ2) is 16.8. The molecule has 0 aromatic heterocycles. The Morgan fingerprint density at radius 1 is 0.864 bits per heavy atom. The first-order valence-electron chi connectivity index (χ1n) is 9.35. The number of rotatable bonds is 16. The van der Waals surface area contributed by atoms with E-state index in [1.54, 1.807) is 0 Å². The fraction of sp³-hybridized carbons (Fsp3) is 0.944. The summed E-state index contributed by atoms with van der Waals surface area (Å²) < 4.78 is 0. The molecule has 4 nitrogen and oxygen atoms in total. The Hall–Kier alpha value is -0.610. The van der Waals surface area contributed by atoms with Gasteiger partial charge < -0.3 is 15.7 Å². The molecule has 132 valence electrons. The van der Waals surface area contributed by atoms with Crippen LogP contribution in [0.3, 0.4) is 0 Å². The van der Waals surface area contributed by atoms with Gasteiger partial charge in [0.05, 0.1) is 6.61 Å². The first-order valence-corrected chi connectivity index (χ1v) is 9.35. The highest BCUT2D eigenvalue weighted by atomic mass is 16.3. The van der Waals surface area contributed by atoms with Gasteiger partial charge in [-0.1, -0.05) is 65.2 Å². The van der Waals surface area contributed by atoms with Crippen LogP contribution < -0.4 is 10.6 Å². The highest BCUT2D eigenvalue weighted by Gasteiger charge is 2.11. The third kappa shape index (κ3) is 14.3. The molecule has 0 radical (unpaired) electrons. The molecule has 0 rings (SSSR count). The molecule has 4 heteroatoms. The Bertz CT molecular complexity index is 247. The molecule has 0 saturated carbocycles. The standard InChI is InChI=1S/C18H38N2O2/c1-3-5-7-9-11-13-19-17(16-21)15-18(22)20-14-12-10-8-6-4-2/h17,19,21H,3-16H2,1-2H3,(H,20,22)/t17-/m0/s1. The zero-order chi connectivity index (χ0) is 16.5. The van der Waals surface area contributed by atoms with Crippen molar-refractivity contribution in [2.24, 2.45) is 0 Å². The largest absolute Gasteiger partial charge is 0.395 e. The SMILES string of the molecule is CCCCCCCNC(=O)C[C@@H](CO)NCCCCCCC. The molecule has 0 saturated heterocycles. The lowest BCUT2D eigenvalue weighted by molar-refractivity contribution is -0.121. The number of unbranched alkanes of at least 4 members (excludes halogenated alkanes) is 8. The van der Waals surface area contributed by atoms with Gasteiger partial charge in [-0.25, -0.2) is 0 Å². The summed E-state index contributed by atoms with van der Waals surface area (Å²) in [5, 5.41) is 15.6. The van der Waals surface area contributed by atoms with Crippen molar-refractivity contribution in [3.8, 4) is 0 Å². The Morgan fingerprint density at radius 2 is 1.41 bits per heavy atom. The summed E-state index contributed by atoms with van der Waals surface area (Å²) in [6.07, 6.45) is 12.6. The number of aliphatic hydroxyl groups excluding tert-OH is 1. The highest BCUT2D eigenvalue weighted by Crippen LogP contribution is 2.03. The molecule has 1 atom stereocenters. The van der Waals surface area contributed by atoms with Crippen LogP contribution in [0, 0.1) is 0 Å². The van der Waals surface area contributed by atoms with Crippen molar-refractivity contribution in [2.75, 3.05) is 19.7 Å². The van der Waals surface area contributed by atoms with Crippen molar-refractivity contribution < 1.29 is 9.90 Å². The fourth-order valence-corrected chi connectivity index (χ4v) is 2.49. The lowest BCUT2D eigenvalue weighted by atomic mass is 10.1. The zero-order valence-electron chi connectivity index (χ0n) is 14.8. The van der Waals surface area contributed by atoms with Gasteiger partial charge in [0.1, 0.15) is 0 Å². The maximum absolute atomic E-state index is 11.8. The second-order valence-electron chi connectivity index (χ2n) is 6.22. The van der Waals surface area contributed by atoms with Crippen LogP contribution in [0.1, 0.15) is 84.5 Å². The lowest BCUT2D eigenvalue weighted by Gasteiger charge is -2.16. The molecule has 0 aliphatic rings. The third-order valence-electron chi connectivity index (χ3n) is 3.97. The van der Waals surface area contributed by atoms with Gasteiger partial charge in [-0.3, -0.25) is 4.79 Å². The third-order valence-corrected chi connectivity index (χ3v) is 3.97. The number of amides is 1. The van der Waals surface area contributed by atoms with E-state index in [0.29, 0.717) is 6.42 Å². The lowest BCUT2D eigenvalue weighted by Crippen LogP contribution is -2.38. The molecule has 0 bridgehead atoms. The number of nitrogens with one attached hydrogen (secondary N) is 2. The molecule has 3 N–H and O–H groups in total. The quantitative estimate of drug-likeness (QED) is 0.383. The molecular weight excluding hydrogens is 276 g/mol. The van der Waals surface area contributed by atoms with Crippen molar-refractivity contribution in [3.63, 3.8) is 0 Å². The average Bonchev–Trinajstić information content (AvgIpc) is 2.52. The van der Waals surface area contributed by atoms with Gasteiger partial charge in [0.2, 0.25) is 5.91 Å². The summed E-state index contributed by atoms with van der Waals surface area (Å²) in [7, 11) is 0. The zero-order valence-corrected chi connectivity index (χ0v) is 14.8. The molecular formula is C18H38N2O2. The van der Waals surface area contributed by atoms with Crippen LogP contribution >= 0.6 is 0 Å². The number of aliphatic hydroxyl groups is 1. The van der Waals surface area contributed by atoms with E-state index < -0.39 is 0 Å². The van der Waals surface area contributed by atoms with Gasteiger partial charge in [-0.05, 0) is 19.4 Å². The highest BCUT2D eigenvalue weighted by molar-refractivity contribution is 5.76. The minimum absolute atomic E-state index is 0.0267. The van der Waals surface area contributed by atoms with Crippen molar-refractivity contribution >= 4 is 5.91 Å². The summed E-state index contributed by atoms with van der Waals surface area (Å²) in [6.45, 7) is 6.09. The van der Waals surface area contributed by atoms with Gasteiger partial charge in [0, 0.05) is 19.0 Å². The summed E-state index contributed by atoms with van der Waals surface area (Å²) in [4.78, 5) is 11.8. The fourth-order valence-electron chi connectivity index (χ4n) is 2.49. The van der Waals surface area contributed by atoms with Crippen molar-refractivity contribution in [1.82, 2.24) is 10.6 Å². The van der Waals surface area contributed by atoms with E-state index in [0.717, 1.165) is 25.9 Å². The minimum atomic E-state index is -0.105. The van der Waals surface area contributed by atoms with Crippen LogP contribution in [0.25, 0.3) is 0 Å². The van der Waals surface area contributed by atoms with E-state index in [1.165, 1.54) is 51.4 Å². The Morgan fingerprint density at radius 3 is 1.95 bits per heavy atom. The molecule has 0 heterocycles. The number of carbonyl (C=O) groups is 1. The summed E-state index contributed by atoms with van der Waals surface area (Å²) in [5.74, 6) is 0.0491. The molecule has 0 aliphatic carbocycles. The van der Waals surface area contributed by atoms with E-state index in [4.69, 9.17) is 0 Å². The maximum atomic E-state index is 11.8. The molecule has 0 spiro atoms. The topological polar surface area (TPSA) is 61.4 Å². The van der Waals surface area contributed by atoms with E-state index in [-0.39, 0.29) is 18.6 Å². The van der Waals surface area contributed by atoms with Crippen LogP contribution in [0.5, 0.6) is 0 Å². The Kier molecular flexibility index (Phi) is 16.3. The normalized spacial score (nSPS) is 12.3. The van der Waals surface area contributed by atoms with E-state index in [2.05, 4.69) is 24.5 Å². The van der Waals surface area contributed by atoms with E-state index in [9.17, 15) is 9.90 Å². The molecule has 0 aromatic carbocycles. The smallest absolute Gasteiger partial charge is 0.221 e. The molecule has 1 amide bonds. The van der Waals surface area contributed by atoms with Gasteiger partial charge in [0.25, 0.3) is 0 Å². The van der Waals surface area contributed by atoms with Gasteiger partial charge in [-0.2, -0.15) is 0 Å². The minimum Gasteiger partial charge on any atom is -0.395 e. The van der Waals surface area contributed by atoms with E-state index in [1.807, 2.05) is 0 Å². The monoisotopic (exact) mass is 314 g/mol. The van der Waals surface area contributed by atoms with Crippen LogP contribution in [0.4, 0.5) is 0 Å². The van der Waals surface area contributed by atoms with Crippen LogP contribution in [-0.2, 0) is 4.79 Å². The van der Waals surface area contributed by atoms with Crippen LogP contribution in [-0.4, -0.2) is 36.8 Å². The second-order valence-corrected chi connectivity index (χ2v) is 6.22. The van der Waals surface area contributed by atoms with E-state index >= 15 is 0 Å². The van der Waals surface area contributed by atoms with Crippen LogP contribution in [0.2, 0.25) is 0 Å². The first-order chi connectivity index (χ1) is 10.7. The molecule has 22 heavy (non-hydrogen) atoms. The van der Waals surface area contributed by atoms with Crippen molar-refractivity contribution in [2.45, 2.75) is 90.5 Å². The molecule has 0 aromatic rings. The summed E-state index contributed by atoms with van der Waals surface area (Å²) >= 11 is 0. The van der Waals surface area contributed by atoms with Crippen molar-refractivity contribution in [3.05, 3.63) is 0 Å². The molecule has 0 fully saturated rings. The van der Waals surface area contributed by atoms with Crippen LogP contribution in [0.15, 0.2) is 0 Å². The summed E-state index contributed by atoms with van der Waals surface area (Å²) in [5.41, 5.74) is 0. The molecule has 0 unspecified atom stereocenters. The summed E-state index contributed by atoms with van der Waals surface area (Å²) in [6, 6.07) is -0.105.